The summed E-state index contributed by atoms with van der Waals surface area (Å²) < 4.78 is 26.2. The molecule has 1 atom stereocenters. The number of nitrogens with zero attached hydrogens (tertiary/aromatic N) is 4. The van der Waals surface area contributed by atoms with Gasteiger partial charge in [-0.3, -0.25) is 4.98 Å². The van der Waals surface area contributed by atoms with Gasteiger partial charge in [0, 0.05) is 48.3 Å². The fourth-order valence-electron chi connectivity index (χ4n) is 6.64. The summed E-state index contributed by atoms with van der Waals surface area (Å²) >= 11 is 0. The molecule has 2 aliphatic rings. The summed E-state index contributed by atoms with van der Waals surface area (Å²) in [5.41, 5.74) is 6.31. The van der Waals surface area contributed by atoms with E-state index in [0.29, 0.717) is 44.0 Å². The summed E-state index contributed by atoms with van der Waals surface area (Å²) in [4.78, 5) is 22.0. The van der Waals surface area contributed by atoms with Crippen LogP contribution in [0.15, 0.2) is 91.1 Å². The highest BCUT2D eigenvalue weighted by molar-refractivity contribution is 6.02. The zero-order valence-electron chi connectivity index (χ0n) is 25.9. The van der Waals surface area contributed by atoms with Gasteiger partial charge < -0.3 is 24.4 Å². The van der Waals surface area contributed by atoms with Gasteiger partial charge in [-0.25, -0.2) is 9.18 Å². The third-order valence-corrected chi connectivity index (χ3v) is 9.04. The first-order valence-corrected chi connectivity index (χ1v) is 15.6. The zero-order valence-corrected chi connectivity index (χ0v) is 25.9. The first-order valence-electron chi connectivity index (χ1n) is 15.6. The number of halogens is 1. The zero-order chi connectivity index (χ0) is 32.5. The van der Waals surface area contributed by atoms with Crippen molar-refractivity contribution in [2.24, 2.45) is 5.92 Å². The molecule has 47 heavy (non-hydrogen) atoms. The molecule has 0 bridgehead atoms. The van der Waals surface area contributed by atoms with Gasteiger partial charge in [-0.15, -0.1) is 0 Å². The largest absolute Gasteiger partial charge is 0.506 e. The van der Waals surface area contributed by atoms with E-state index in [1.165, 1.54) is 12.1 Å². The van der Waals surface area contributed by atoms with Crippen LogP contribution in [-0.2, 0) is 16.1 Å². The number of aromatic nitrogens is 1. The number of carbonyl (C=O) groups is 1. The lowest BCUT2D eigenvalue weighted by Gasteiger charge is -2.49. The van der Waals surface area contributed by atoms with Gasteiger partial charge in [0.25, 0.3) is 0 Å². The molecule has 2 aliphatic heterocycles. The third kappa shape index (κ3) is 5.96. The molecule has 0 spiro atoms. The van der Waals surface area contributed by atoms with E-state index >= 15 is 0 Å². The Hall–Kier alpha value is -5.46. The number of benzene rings is 4. The number of ether oxygens (including phenoxy) is 2. The summed E-state index contributed by atoms with van der Waals surface area (Å²) in [6, 6.07) is 27.3. The molecule has 9 heteroatoms. The fraction of sp³-hybridized carbons (Fsp3) is 0.237. The van der Waals surface area contributed by atoms with E-state index in [4.69, 9.17) is 14.5 Å². The van der Waals surface area contributed by atoms with Crippen molar-refractivity contribution in [2.75, 3.05) is 37.7 Å². The second kappa shape index (κ2) is 12.7. The number of phenolic OH excluding ortho intramolecular Hbond substituents is 1. The van der Waals surface area contributed by atoms with Crippen molar-refractivity contribution in [3.63, 3.8) is 0 Å². The average molecular weight is 629 g/mol. The van der Waals surface area contributed by atoms with Crippen molar-refractivity contribution in [3.05, 3.63) is 114 Å². The molecule has 0 saturated carbocycles. The van der Waals surface area contributed by atoms with Crippen molar-refractivity contribution in [3.8, 4) is 34.1 Å². The standard InChI is InChI=1S/C38H33FN4O4/c1-24-14-28(16-30(39)15-24)33-19-41-34-11-10-26(31-9-5-8-27(18-40)37(31)44)17-32(34)36(33)42-20-29(21-42)35-23-46-13-12-43(35)38(45)47-22-25-6-3-2-4-7-25/h2-11,14-17,19,29,35,44H,12-13,20-23H2,1H3. The van der Waals surface area contributed by atoms with Crippen LogP contribution in [0.3, 0.4) is 0 Å². The first-order chi connectivity index (χ1) is 22.9. The average Bonchev–Trinajstić information content (AvgIpc) is 3.06. The molecule has 1 amide bonds. The van der Waals surface area contributed by atoms with Crippen LogP contribution in [0.2, 0.25) is 0 Å². The molecule has 2 fully saturated rings. The van der Waals surface area contributed by atoms with E-state index in [0.717, 1.165) is 38.8 Å². The molecule has 1 aromatic heterocycles. The highest BCUT2D eigenvalue weighted by atomic mass is 19.1. The van der Waals surface area contributed by atoms with Crippen LogP contribution in [0, 0.1) is 30.0 Å². The Balaban J connectivity index is 1.23. The maximum absolute atomic E-state index is 14.7. The van der Waals surface area contributed by atoms with Crippen LogP contribution in [0.1, 0.15) is 16.7 Å². The Labute approximate surface area is 272 Å². The third-order valence-electron chi connectivity index (χ3n) is 9.04. The van der Waals surface area contributed by atoms with E-state index in [-0.39, 0.29) is 41.8 Å². The molecule has 7 rings (SSSR count). The molecular formula is C38H33FN4O4. The minimum absolute atomic E-state index is 0.0821. The fourth-order valence-corrected chi connectivity index (χ4v) is 6.64. The summed E-state index contributed by atoms with van der Waals surface area (Å²) in [6.45, 7) is 4.66. The predicted octanol–water partition coefficient (Wildman–Crippen LogP) is 7.07. The predicted molar refractivity (Wildman–Crippen MR) is 177 cm³/mol. The van der Waals surface area contributed by atoms with Crippen LogP contribution in [0.4, 0.5) is 14.9 Å². The van der Waals surface area contributed by atoms with Crippen molar-refractivity contribution < 1.29 is 23.8 Å². The number of hydrogen-bond donors (Lipinski definition) is 1. The summed E-state index contributed by atoms with van der Waals surface area (Å²) in [6.07, 6.45) is 1.43. The van der Waals surface area contributed by atoms with Crippen molar-refractivity contribution in [2.45, 2.75) is 19.6 Å². The van der Waals surface area contributed by atoms with Gasteiger partial charge in [-0.2, -0.15) is 5.26 Å². The molecule has 1 N–H and O–H groups in total. The molecular weight excluding hydrogens is 595 g/mol. The number of anilines is 1. The molecule has 8 nitrogen and oxygen atoms in total. The molecule has 4 aromatic carbocycles. The maximum Gasteiger partial charge on any atom is 0.410 e. The number of hydrogen-bond acceptors (Lipinski definition) is 7. The number of morpholine rings is 1. The first kappa shape index (κ1) is 30.2. The number of para-hydroxylation sites is 1. The molecule has 2 saturated heterocycles. The summed E-state index contributed by atoms with van der Waals surface area (Å²) in [5, 5.41) is 21.2. The molecule has 3 heterocycles. The number of carbonyl (C=O) groups excluding carboxylic acids is 1. The van der Waals surface area contributed by atoms with Crippen molar-refractivity contribution in [1.82, 2.24) is 9.88 Å². The summed E-state index contributed by atoms with van der Waals surface area (Å²) in [5.74, 6) is -0.297. The van der Waals surface area contributed by atoms with E-state index in [9.17, 15) is 19.6 Å². The van der Waals surface area contributed by atoms with E-state index < -0.39 is 0 Å². The minimum atomic E-state index is -0.352. The van der Waals surface area contributed by atoms with Gasteiger partial charge in [0.2, 0.25) is 0 Å². The Morgan fingerprint density at radius 3 is 2.66 bits per heavy atom. The van der Waals surface area contributed by atoms with Gasteiger partial charge in [-0.1, -0.05) is 54.6 Å². The highest BCUT2D eigenvalue weighted by Crippen LogP contribution is 2.43. The maximum atomic E-state index is 14.7. The topological polar surface area (TPSA) is 98.9 Å². The number of nitriles is 1. The normalized spacial score (nSPS) is 16.5. The smallest absolute Gasteiger partial charge is 0.410 e. The Morgan fingerprint density at radius 2 is 1.87 bits per heavy atom. The Morgan fingerprint density at radius 1 is 1.04 bits per heavy atom. The Bertz CT molecular complexity index is 1990. The van der Waals surface area contributed by atoms with Crippen LogP contribution in [-0.4, -0.2) is 60.0 Å². The van der Waals surface area contributed by atoms with Gasteiger partial charge >= 0.3 is 6.09 Å². The number of phenols is 1. The van der Waals surface area contributed by atoms with E-state index in [2.05, 4.69) is 4.90 Å². The minimum Gasteiger partial charge on any atom is -0.506 e. The van der Waals surface area contributed by atoms with Gasteiger partial charge in [-0.05, 0) is 59.5 Å². The van der Waals surface area contributed by atoms with Crippen LogP contribution in [0.25, 0.3) is 33.2 Å². The second-order valence-electron chi connectivity index (χ2n) is 12.1. The van der Waals surface area contributed by atoms with Gasteiger partial charge in [0.1, 0.15) is 24.2 Å². The number of amides is 1. The number of pyridine rings is 1. The van der Waals surface area contributed by atoms with Crippen molar-refractivity contribution in [1.29, 1.82) is 5.26 Å². The molecule has 0 aliphatic carbocycles. The number of fused-ring (bicyclic) bond motifs is 1. The van der Waals surface area contributed by atoms with Crippen molar-refractivity contribution >= 4 is 22.7 Å². The number of rotatable bonds is 6. The Kier molecular flexibility index (Phi) is 8.19. The van der Waals surface area contributed by atoms with Crippen LogP contribution >= 0.6 is 0 Å². The molecule has 5 aromatic rings. The quantitative estimate of drug-likeness (QED) is 0.215. The van der Waals surface area contributed by atoms with Gasteiger partial charge in [0.15, 0.2) is 0 Å². The van der Waals surface area contributed by atoms with E-state index in [1.54, 1.807) is 29.3 Å². The number of aromatic hydroxyl groups is 1. The van der Waals surface area contributed by atoms with Gasteiger partial charge in [0.05, 0.1) is 36.0 Å². The second-order valence-corrected chi connectivity index (χ2v) is 12.1. The number of aryl methyl sites for hydroxylation is 1. The van der Waals surface area contributed by atoms with Crippen LogP contribution < -0.4 is 4.90 Å². The molecule has 1 unspecified atom stereocenters. The van der Waals surface area contributed by atoms with Crippen LogP contribution in [0.5, 0.6) is 5.75 Å². The van der Waals surface area contributed by atoms with E-state index in [1.807, 2.05) is 67.6 Å². The lowest BCUT2D eigenvalue weighted by molar-refractivity contribution is -0.0335. The lowest BCUT2D eigenvalue weighted by Crippen LogP contribution is -2.61. The summed E-state index contributed by atoms with van der Waals surface area (Å²) in [7, 11) is 0. The molecule has 0 radical (unpaired) electrons. The lowest BCUT2D eigenvalue weighted by atomic mass is 9.87. The highest BCUT2D eigenvalue weighted by Gasteiger charge is 2.42. The SMILES string of the molecule is Cc1cc(F)cc(-c2cnc3ccc(-c4cccc(C#N)c4O)cc3c2N2CC(C3COCCN3C(=O)OCc3ccccc3)C2)c1. The molecule has 236 valence electrons. The monoisotopic (exact) mass is 628 g/mol.